The van der Waals surface area contributed by atoms with E-state index in [0.29, 0.717) is 18.2 Å². The molecule has 0 saturated heterocycles. The summed E-state index contributed by atoms with van der Waals surface area (Å²) in [5.74, 6) is 3.12. The van der Waals surface area contributed by atoms with E-state index >= 15 is 0 Å². The van der Waals surface area contributed by atoms with Crippen LogP contribution in [0.1, 0.15) is 50.6 Å². The number of amides is 1. The zero-order valence-corrected chi connectivity index (χ0v) is 10.2. The molecule has 0 spiro atoms. The third kappa shape index (κ3) is 1.96. The summed E-state index contributed by atoms with van der Waals surface area (Å²) in [5, 5.41) is 10.1. The Hall–Kier alpha value is -1.32. The SMILES string of the molecule is CCC(=O)Nc1cc(C2CC3CCC2C3)[nH]n1. The van der Waals surface area contributed by atoms with Gasteiger partial charge < -0.3 is 5.32 Å². The van der Waals surface area contributed by atoms with Gasteiger partial charge in [0.05, 0.1) is 0 Å². The zero-order chi connectivity index (χ0) is 11.8. The van der Waals surface area contributed by atoms with Gasteiger partial charge in [-0.1, -0.05) is 13.3 Å². The Morgan fingerprint density at radius 2 is 2.41 bits per heavy atom. The van der Waals surface area contributed by atoms with Crippen LogP contribution < -0.4 is 5.32 Å². The molecule has 4 nitrogen and oxygen atoms in total. The summed E-state index contributed by atoms with van der Waals surface area (Å²) >= 11 is 0. The molecule has 3 rings (SSSR count). The van der Waals surface area contributed by atoms with Crippen molar-refractivity contribution in [3.05, 3.63) is 11.8 Å². The van der Waals surface area contributed by atoms with Gasteiger partial charge >= 0.3 is 0 Å². The number of carbonyl (C=O) groups excluding carboxylic acids is 1. The first-order valence-electron chi connectivity index (χ1n) is 6.61. The molecule has 1 aromatic rings. The Morgan fingerprint density at radius 3 is 3.06 bits per heavy atom. The van der Waals surface area contributed by atoms with Crippen molar-refractivity contribution in [3.8, 4) is 0 Å². The molecule has 2 bridgehead atoms. The van der Waals surface area contributed by atoms with Gasteiger partial charge in [0.25, 0.3) is 0 Å². The van der Waals surface area contributed by atoms with E-state index < -0.39 is 0 Å². The lowest BCUT2D eigenvalue weighted by Gasteiger charge is -2.19. The summed E-state index contributed by atoms with van der Waals surface area (Å²) in [6.07, 6.45) is 5.96. The second kappa shape index (κ2) is 4.17. The van der Waals surface area contributed by atoms with Crippen LogP contribution in [0.5, 0.6) is 0 Å². The lowest BCUT2D eigenvalue weighted by atomic mass is 9.86. The molecule has 0 aromatic carbocycles. The lowest BCUT2D eigenvalue weighted by molar-refractivity contribution is -0.115. The van der Waals surface area contributed by atoms with Crippen LogP contribution in [-0.2, 0) is 4.79 Å². The molecule has 2 aliphatic carbocycles. The lowest BCUT2D eigenvalue weighted by Crippen LogP contribution is -2.09. The minimum Gasteiger partial charge on any atom is -0.309 e. The fourth-order valence-corrected chi connectivity index (χ4v) is 3.45. The standard InChI is InChI=1S/C13H19N3O/c1-2-13(17)14-12-7-11(15-16-12)10-6-8-3-4-9(10)5-8/h7-10H,2-6H2,1H3,(H2,14,15,16,17). The minimum absolute atomic E-state index is 0.0241. The highest BCUT2D eigenvalue weighted by molar-refractivity contribution is 5.89. The van der Waals surface area contributed by atoms with Gasteiger partial charge in [-0.05, 0) is 31.1 Å². The van der Waals surface area contributed by atoms with Gasteiger partial charge in [-0.3, -0.25) is 9.89 Å². The van der Waals surface area contributed by atoms with Gasteiger partial charge in [0, 0.05) is 24.1 Å². The maximum atomic E-state index is 11.3. The normalized spacial score (nSPS) is 30.8. The number of nitrogens with one attached hydrogen (secondary N) is 2. The molecular formula is C13H19N3O. The Kier molecular flexibility index (Phi) is 2.65. The van der Waals surface area contributed by atoms with Crippen LogP contribution in [0.2, 0.25) is 0 Å². The number of anilines is 1. The highest BCUT2D eigenvalue weighted by Crippen LogP contribution is 2.52. The van der Waals surface area contributed by atoms with Gasteiger partial charge in [0.15, 0.2) is 5.82 Å². The average Bonchev–Trinajstić information content (AvgIpc) is 3.03. The molecule has 1 aromatic heterocycles. The third-order valence-electron chi connectivity index (χ3n) is 4.32. The number of aromatic nitrogens is 2. The van der Waals surface area contributed by atoms with Crippen molar-refractivity contribution in [2.24, 2.45) is 11.8 Å². The maximum absolute atomic E-state index is 11.3. The topological polar surface area (TPSA) is 57.8 Å². The van der Waals surface area contributed by atoms with Crippen molar-refractivity contribution < 1.29 is 4.79 Å². The molecule has 92 valence electrons. The first-order chi connectivity index (χ1) is 8.26. The quantitative estimate of drug-likeness (QED) is 0.843. The molecule has 2 aliphatic rings. The van der Waals surface area contributed by atoms with Crippen molar-refractivity contribution in [1.82, 2.24) is 10.2 Å². The summed E-state index contributed by atoms with van der Waals surface area (Å²) in [4.78, 5) is 11.3. The van der Waals surface area contributed by atoms with E-state index in [-0.39, 0.29) is 5.91 Å². The molecule has 2 N–H and O–H groups in total. The minimum atomic E-state index is 0.0241. The van der Waals surface area contributed by atoms with Gasteiger partial charge in [0.2, 0.25) is 5.91 Å². The van der Waals surface area contributed by atoms with Gasteiger partial charge in [-0.2, -0.15) is 5.10 Å². The third-order valence-corrected chi connectivity index (χ3v) is 4.32. The van der Waals surface area contributed by atoms with Crippen LogP contribution in [0, 0.1) is 11.8 Å². The smallest absolute Gasteiger partial charge is 0.225 e. The molecular weight excluding hydrogens is 214 g/mol. The number of rotatable bonds is 3. The fraction of sp³-hybridized carbons (Fsp3) is 0.692. The van der Waals surface area contributed by atoms with Crippen LogP contribution in [-0.4, -0.2) is 16.1 Å². The summed E-state index contributed by atoms with van der Waals surface area (Å²) in [7, 11) is 0. The van der Waals surface area contributed by atoms with Gasteiger partial charge in [-0.25, -0.2) is 0 Å². The second-order valence-electron chi connectivity index (χ2n) is 5.39. The van der Waals surface area contributed by atoms with E-state index in [4.69, 9.17) is 0 Å². The Labute approximate surface area is 101 Å². The monoisotopic (exact) mass is 233 g/mol. The zero-order valence-electron chi connectivity index (χ0n) is 10.2. The van der Waals surface area contributed by atoms with E-state index in [0.717, 1.165) is 11.8 Å². The number of carbonyl (C=O) groups is 1. The van der Waals surface area contributed by atoms with Crippen LogP contribution in [0.15, 0.2) is 6.07 Å². The summed E-state index contributed by atoms with van der Waals surface area (Å²) in [5.41, 5.74) is 1.21. The number of hydrogen-bond acceptors (Lipinski definition) is 2. The van der Waals surface area contributed by atoms with E-state index in [9.17, 15) is 4.79 Å². The molecule has 2 saturated carbocycles. The predicted molar refractivity (Wildman–Crippen MR) is 65.7 cm³/mol. The first-order valence-corrected chi connectivity index (χ1v) is 6.61. The highest BCUT2D eigenvalue weighted by Gasteiger charge is 2.40. The van der Waals surface area contributed by atoms with Gasteiger partial charge in [0.1, 0.15) is 0 Å². The Morgan fingerprint density at radius 1 is 1.53 bits per heavy atom. The number of aromatic amines is 1. The van der Waals surface area contributed by atoms with Crippen molar-refractivity contribution >= 4 is 11.7 Å². The van der Waals surface area contributed by atoms with E-state index in [1.165, 1.54) is 31.4 Å². The summed E-state index contributed by atoms with van der Waals surface area (Å²) < 4.78 is 0. The number of hydrogen-bond donors (Lipinski definition) is 2. The molecule has 2 fully saturated rings. The van der Waals surface area contributed by atoms with Crippen LogP contribution in [0.4, 0.5) is 5.82 Å². The second-order valence-corrected chi connectivity index (χ2v) is 5.39. The maximum Gasteiger partial charge on any atom is 0.225 e. The average molecular weight is 233 g/mol. The van der Waals surface area contributed by atoms with Gasteiger partial charge in [-0.15, -0.1) is 0 Å². The Balaban J connectivity index is 1.70. The molecule has 3 unspecified atom stereocenters. The van der Waals surface area contributed by atoms with E-state index in [1.54, 1.807) is 0 Å². The van der Waals surface area contributed by atoms with E-state index in [1.807, 2.05) is 13.0 Å². The molecule has 0 aliphatic heterocycles. The molecule has 17 heavy (non-hydrogen) atoms. The fourth-order valence-electron chi connectivity index (χ4n) is 3.45. The predicted octanol–water partition coefficient (Wildman–Crippen LogP) is 2.66. The molecule has 1 amide bonds. The van der Waals surface area contributed by atoms with Crippen molar-refractivity contribution in [3.63, 3.8) is 0 Å². The number of H-pyrrole nitrogens is 1. The highest BCUT2D eigenvalue weighted by atomic mass is 16.1. The summed E-state index contributed by atoms with van der Waals surface area (Å²) in [6.45, 7) is 1.85. The molecule has 0 radical (unpaired) electrons. The van der Waals surface area contributed by atoms with Crippen LogP contribution >= 0.6 is 0 Å². The first kappa shape index (κ1) is 10.8. The largest absolute Gasteiger partial charge is 0.309 e. The van der Waals surface area contributed by atoms with Crippen molar-refractivity contribution in [2.45, 2.75) is 44.9 Å². The van der Waals surface area contributed by atoms with Crippen LogP contribution in [0.25, 0.3) is 0 Å². The number of nitrogens with zero attached hydrogens (tertiary/aromatic N) is 1. The van der Waals surface area contributed by atoms with Crippen molar-refractivity contribution in [2.75, 3.05) is 5.32 Å². The molecule has 3 atom stereocenters. The van der Waals surface area contributed by atoms with Crippen molar-refractivity contribution in [1.29, 1.82) is 0 Å². The van der Waals surface area contributed by atoms with E-state index in [2.05, 4.69) is 15.5 Å². The number of fused-ring (bicyclic) bond motifs is 2. The Bertz CT molecular complexity index is 426. The molecule has 1 heterocycles. The molecule has 4 heteroatoms. The van der Waals surface area contributed by atoms with Crippen LogP contribution in [0.3, 0.4) is 0 Å². The summed E-state index contributed by atoms with van der Waals surface area (Å²) in [6, 6.07) is 2.01.